The average molecular weight is 387 g/mol. The molecule has 2 aliphatic heterocycles. The summed E-state index contributed by atoms with van der Waals surface area (Å²) in [7, 11) is 0. The fourth-order valence-corrected chi connectivity index (χ4v) is 3.97. The molecule has 0 bridgehead atoms. The van der Waals surface area contributed by atoms with Gasteiger partial charge >= 0.3 is 0 Å². The molecule has 0 aliphatic carbocycles. The fraction of sp³-hybridized carbons (Fsp3) is 0.227. The van der Waals surface area contributed by atoms with Crippen LogP contribution in [0.2, 0.25) is 0 Å². The number of fused-ring (bicyclic) bond motifs is 2. The second-order valence-electron chi connectivity index (χ2n) is 7.38. The Morgan fingerprint density at radius 3 is 2.90 bits per heavy atom. The summed E-state index contributed by atoms with van der Waals surface area (Å²) in [6.07, 6.45) is 1.83. The highest BCUT2D eigenvalue weighted by molar-refractivity contribution is 6.15. The number of pyridine rings is 1. The van der Waals surface area contributed by atoms with Gasteiger partial charge in [0.1, 0.15) is 12.5 Å². The van der Waals surface area contributed by atoms with E-state index in [9.17, 15) is 10.2 Å². The topological polar surface area (TPSA) is 93.3 Å². The Morgan fingerprint density at radius 2 is 1.97 bits per heavy atom. The summed E-state index contributed by atoms with van der Waals surface area (Å²) in [4.78, 5) is 15.9. The van der Waals surface area contributed by atoms with E-state index in [1.54, 1.807) is 6.07 Å². The predicted molar refractivity (Wildman–Crippen MR) is 114 cm³/mol. The van der Waals surface area contributed by atoms with E-state index in [1.807, 2.05) is 36.5 Å². The molecule has 1 aromatic heterocycles. The van der Waals surface area contributed by atoms with Gasteiger partial charge in [-0.3, -0.25) is 14.9 Å². The summed E-state index contributed by atoms with van der Waals surface area (Å²) in [6, 6.07) is 15.2. The number of phenols is 2. The molecule has 0 radical (unpaired) electrons. The lowest BCUT2D eigenvalue weighted by Crippen LogP contribution is -2.32. The van der Waals surface area contributed by atoms with Gasteiger partial charge in [-0.15, -0.1) is 0 Å². The van der Waals surface area contributed by atoms with Gasteiger partial charge in [0, 0.05) is 36.3 Å². The Hall–Kier alpha value is -3.45. The highest BCUT2D eigenvalue weighted by Gasteiger charge is 2.34. The minimum Gasteiger partial charge on any atom is -0.504 e. The first kappa shape index (κ1) is 17.6. The molecular formula is C22H21N5O2. The lowest BCUT2D eigenvalue weighted by atomic mass is 10.0. The molecule has 1 saturated heterocycles. The predicted octanol–water partition coefficient (Wildman–Crippen LogP) is 3.00. The number of aromatic hydroxyl groups is 2. The third-order valence-corrected chi connectivity index (χ3v) is 5.43. The maximum absolute atomic E-state index is 10.1. The van der Waals surface area contributed by atoms with E-state index >= 15 is 0 Å². The van der Waals surface area contributed by atoms with Gasteiger partial charge in [0.05, 0.1) is 23.3 Å². The molecule has 3 N–H and O–H groups in total. The molecule has 1 unspecified atom stereocenters. The van der Waals surface area contributed by atoms with Gasteiger partial charge in [0.2, 0.25) is 0 Å². The molecule has 0 saturated carbocycles. The summed E-state index contributed by atoms with van der Waals surface area (Å²) in [5, 5.41) is 24.4. The monoisotopic (exact) mass is 387 g/mol. The quantitative estimate of drug-likeness (QED) is 0.601. The van der Waals surface area contributed by atoms with E-state index in [1.165, 1.54) is 6.07 Å². The molecular weight excluding hydrogens is 366 g/mol. The van der Waals surface area contributed by atoms with Gasteiger partial charge < -0.3 is 15.5 Å². The van der Waals surface area contributed by atoms with Crippen molar-refractivity contribution in [1.29, 1.82) is 0 Å². The van der Waals surface area contributed by atoms with Crippen LogP contribution in [0.25, 0.3) is 10.9 Å². The van der Waals surface area contributed by atoms with Crippen LogP contribution in [0.15, 0.2) is 64.7 Å². The van der Waals surface area contributed by atoms with Crippen LogP contribution in [0, 0.1) is 5.92 Å². The molecule has 2 aliphatic rings. The number of rotatable bonds is 3. The molecule has 0 amide bonds. The van der Waals surface area contributed by atoms with Crippen molar-refractivity contribution in [3.05, 3.63) is 60.3 Å². The number of nitrogens with one attached hydrogen (secondary N) is 1. The number of hydrogen-bond donors (Lipinski definition) is 3. The van der Waals surface area contributed by atoms with Crippen LogP contribution >= 0.6 is 0 Å². The zero-order valence-corrected chi connectivity index (χ0v) is 15.8. The minimum atomic E-state index is -0.0934. The van der Waals surface area contributed by atoms with Crippen molar-refractivity contribution in [2.75, 3.05) is 25.1 Å². The van der Waals surface area contributed by atoms with E-state index in [0.29, 0.717) is 18.8 Å². The van der Waals surface area contributed by atoms with Gasteiger partial charge in [-0.1, -0.05) is 30.3 Å². The Bertz CT molecular complexity index is 1140. The van der Waals surface area contributed by atoms with Crippen molar-refractivity contribution in [2.45, 2.75) is 6.54 Å². The van der Waals surface area contributed by atoms with Crippen LogP contribution in [-0.2, 0) is 6.54 Å². The highest BCUT2D eigenvalue weighted by Crippen LogP contribution is 2.31. The smallest absolute Gasteiger partial charge is 0.161 e. The lowest BCUT2D eigenvalue weighted by molar-refractivity contribution is 0.320. The number of para-hydroxylation sites is 2. The minimum absolute atomic E-state index is 0.0569. The Labute approximate surface area is 168 Å². The summed E-state index contributed by atoms with van der Waals surface area (Å²) in [6.45, 7) is 2.43. The first-order valence-corrected chi connectivity index (χ1v) is 9.59. The van der Waals surface area contributed by atoms with E-state index in [4.69, 9.17) is 0 Å². The SMILES string of the molecule is Oc1cccc(CN2CC3=NCN=C(Nc4cnc5ccccc5c4)C3C2)c1O. The average Bonchev–Trinajstić information content (AvgIpc) is 3.15. The van der Waals surface area contributed by atoms with Crippen molar-refractivity contribution >= 4 is 28.1 Å². The van der Waals surface area contributed by atoms with Crippen molar-refractivity contribution in [3.8, 4) is 11.5 Å². The van der Waals surface area contributed by atoms with Crippen LogP contribution in [0.3, 0.4) is 0 Å². The molecule has 2 aromatic carbocycles. The largest absolute Gasteiger partial charge is 0.504 e. The third-order valence-electron chi connectivity index (χ3n) is 5.43. The number of amidine groups is 1. The summed E-state index contributed by atoms with van der Waals surface area (Å²) < 4.78 is 0. The van der Waals surface area contributed by atoms with Gasteiger partial charge in [0.15, 0.2) is 11.5 Å². The van der Waals surface area contributed by atoms with E-state index in [2.05, 4.69) is 31.3 Å². The van der Waals surface area contributed by atoms with Crippen LogP contribution in [0.1, 0.15) is 5.56 Å². The van der Waals surface area contributed by atoms with Crippen molar-refractivity contribution < 1.29 is 10.2 Å². The molecule has 1 atom stereocenters. The standard InChI is InChI=1S/C22H21N5O2/c28-20-7-3-5-15(21(20)29)10-27-11-17-19(12-27)24-13-25-22(17)26-16-8-14-4-1-2-6-18(14)23-9-16/h1-9,17,28-29H,10-13H2,(H,25,26). The highest BCUT2D eigenvalue weighted by atomic mass is 16.3. The summed E-state index contributed by atoms with van der Waals surface area (Å²) in [5.41, 5.74) is 3.67. The maximum atomic E-state index is 10.1. The van der Waals surface area contributed by atoms with E-state index in [-0.39, 0.29) is 17.4 Å². The van der Waals surface area contributed by atoms with Crippen LogP contribution in [0.5, 0.6) is 11.5 Å². The number of benzene rings is 2. The van der Waals surface area contributed by atoms with Gasteiger partial charge in [-0.05, 0) is 18.2 Å². The van der Waals surface area contributed by atoms with E-state index < -0.39 is 0 Å². The zero-order valence-electron chi connectivity index (χ0n) is 15.8. The molecule has 1 fully saturated rings. The maximum Gasteiger partial charge on any atom is 0.161 e. The van der Waals surface area contributed by atoms with Crippen LogP contribution in [-0.4, -0.2) is 51.4 Å². The summed E-state index contributed by atoms with van der Waals surface area (Å²) >= 11 is 0. The zero-order chi connectivity index (χ0) is 19.8. The number of anilines is 1. The van der Waals surface area contributed by atoms with Gasteiger partial charge in [0.25, 0.3) is 0 Å². The number of aliphatic imine (C=N–C) groups is 2. The van der Waals surface area contributed by atoms with Crippen molar-refractivity contribution in [3.63, 3.8) is 0 Å². The van der Waals surface area contributed by atoms with E-state index in [0.717, 1.165) is 41.2 Å². The van der Waals surface area contributed by atoms with Crippen LogP contribution < -0.4 is 5.32 Å². The molecule has 0 spiro atoms. The molecule has 3 heterocycles. The molecule has 7 heteroatoms. The number of nitrogens with zero attached hydrogens (tertiary/aromatic N) is 4. The Balaban J connectivity index is 1.33. The number of hydrogen-bond acceptors (Lipinski definition) is 7. The second kappa shape index (κ2) is 7.18. The van der Waals surface area contributed by atoms with Gasteiger partial charge in [-0.25, -0.2) is 4.99 Å². The molecule has 29 heavy (non-hydrogen) atoms. The molecule has 7 nitrogen and oxygen atoms in total. The molecule has 5 rings (SSSR count). The molecule has 3 aromatic rings. The summed E-state index contributed by atoms with van der Waals surface area (Å²) in [5.74, 6) is 0.840. The lowest BCUT2D eigenvalue weighted by Gasteiger charge is -2.20. The van der Waals surface area contributed by atoms with Crippen molar-refractivity contribution in [2.24, 2.45) is 15.9 Å². The number of phenolic OH excluding ortho intramolecular Hbond substituents is 2. The fourth-order valence-electron chi connectivity index (χ4n) is 3.97. The van der Waals surface area contributed by atoms with Crippen LogP contribution in [0.4, 0.5) is 5.69 Å². The first-order valence-electron chi connectivity index (χ1n) is 9.59. The number of likely N-dealkylation sites (tertiary alicyclic amines) is 1. The Morgan fingerprint density at radius 1 is 1.07 bits per heavy atom. The Kier molecular flexibility index (Phi) is 4.37. The number of aromatic nitrogens is 1. The first-order chi connectivity index (χ1) is 14.2. The molecule has 146 valence electrons. The third kappa shape index (κ3) is 3.40. The van der Waals surface area contributed by atoms with Gasteiger partial charge in [-0.2, -0.15) is 0 Å². The van der Waals surface area contributed by atoms with Crippen molar-refractivity contribution in [1.82, 2.24) is 9.88 Å². The second-order valence-corrected chi connectivity index (χ2v) is 7.38. The normalized spacial score (nSPS) is 19.0.